The normalized spacial score (nSPS) is 8.78. The highest BCUT2D eigenvalue weighted by Gasteiger charge is 2.10. The molecule has 0 N–H and O–H groups in total. The number of unbranched alkanes of at least 4 members (excludes halogenated alkanes) is 7. The van der Waals surface area contributed by atoms with Crippen LogP contribution in [0, 0.1) is 59.8 Å². The van der Waals surface area contributed by atoms with Crippen LogP contribution in [-0.4, -0.2) is 25.1 Å². The van der Waals surface area contributed by atoms with E-state index in [2.05, 4.69) is 74.4 Å². The lowest BCUT2D eigenvalue weighted by molar-refractivity contribution is -0.822. The Labute approximate surface area is 143 Å². The fourth-order valence-corrected chi connectivity index (χ4v) is 2.07. The van der Waals surface area contributed by atoms with E-state index in [1.165, 1.54) is 51.4 Å². The summed E-state index contributed by atoms with van der Waals surface area (Å²) < 4.78 is 0.675. The average Bonchev–Trinajstić information content (AvgIpc) is 2.52. The third kappa shape index (κ3) is 16.0. The fourth-order valence-electron chi connectivity index (χ4n) is 2.07. The first kappa shape index (κ1) is 20.8. The molecule has 0 unspecified atom stereocenters. The first-order valence-corrected chi connectivity index (χ1v) is 8.43. The predicted octanol–water partition coefficient (Wildman–Crippen LogP) is 3.81. The molecule has 0 aromatic heterocycles. The fraction of sp³-hybridized carbons (Fsp3) is 0.545. The number of rotatable bonds is 9. The van der Waals surface area contributed by atoms with Crippen LogP contribution >= 0.6 is 0 Å². The van der Waals surface area contributed by atoms with Crippen molar-refractivity contribution in [2.24, 2.45) is 0 Å². The Morgan fingerprint density at radius 2 is 1.13 bits per heavy atom. The lowest BCUT2D eigenvalue weighted by Gasteiger charge is -2.20. The summed E-state index contributed by atoms with van der Waals surface area (Å²) in [6.45, 7) is 3.31. The number of hydrogen-bond donors (Lipinski definition) is 0. The van der Waals surface area contributed by atoms with Crippen molar-refractivity contribution in [2.75, 3.05) is 20.6 Å². The molecule has 1 heteroatoms. The zero-order valence-corrected chi connectivity index (χ0v) is 14.9. The summed E-state index contributed by atoms with van der Waals surface area (Å²) in [7, 11) is 4.22. The van der Waals surface area contributed by atoms with Crippen LogP contribution in [0.15, 0.2) is 0 Å². The summed E-state index contributed by atoms with van der Waals surface area (Å²) in [5.41, 5.74) is 0. The van der Waals surface area contributed by atoms with E-state index >= 15 is 0 Å². The van der Waals surface area contributed by atoms with Gasteiger partial charge in [0.15, 0.2) is 6.04 Å². The number of hydrogen-bond acceptors (Lipinski definition) is 0. The maximum Gasteiger partial charge on any atom is 0.151 e. The van der Waals surface area contributed by atoms with E-state index in [1.807, 2.05) is 0 Å². The summed E-state index contributed by atoms with van der Waals surface area (Å²) >= 11 is 0. The van der Waals surface area contributed by atoms with E-state index in [4.69, 9.17) is 6.42 Å². The molecule has 0 radical (unpaired) electrons. The molecule has 120 valence electrons. The third-order valence-corrected chi connectivity index (χ3v) is 3.38. The molecule has 0 bridgehead atoms. The molecule has 0 aromatic carbocycles. The maximum atomic E-state index is 4.97. The van der Waals surface area contributed by atoms with Crippen molar-refractivity contribution in [3.05, 3.63) is 0 Å². The lowest BCUT2D eigenvalue weighted by Crippen LogP contribution is -2.34. The molecule has 0 aliphatic rings. The molecule has 0 spiro atoms. The zero-order chi connectivity index (χ0) is 17.2. The second kappa shape index (κ2) is 14.7. The zero-order valence-electron chi connectivity index (χ0n) is 14.9. The van der Waals surface area contributed by atoms with Crippen molar-refractivity contribution in [3.8, 4) is 59.8 Å². The van der Waals surface area contributed by atoms with Crippen molar-refractivity contribution in [3.63, 3.8) is 0 Å². The summed E-state index contributed by atoms with van der Waals surface area (Å²) in [6.07, 6.45) is 15.6. The SMILES string of the molecule is C#CC#CC#CC#CC#C[N+](C)(C)CCCCCCCCCC. The predicted molar refractivity (Wildman–Crippen MR) is 99.5 cm³/mol. The number of nitrogens with zero attached hydrogens (tertiary/aromatic N) is 1. The van der Waals surface area contributed by atoms with Gasteiger partial charge in [0.25, 0.3) is 0 Å². The van der Waals surface area contributed by atoms with E-state index in [1.54, 1.807) is 0 Å². The molecule has 0 saturated carbocycles. The van der Waals surface area contributed by atoms with Gasteiger partial charge in [0.05, 0.1) is 26.6 Å². The molecular formula is C22H28N+. The molecule has 0 saturated heterocycles. The Kier molecular flexibility index (Phi) is 13.3. The van der Waals surface area contributed by atoms with Gasteiger partial charge in [-0.3, -0.25) is 4.48 Å². The minimum atomic E-state index is 0.675. The molecule has 1 nitrogen and oxygen atoms in total. The molecule has 0 heterocycles. The third-order valence-electron chi connectivity index (χ3n) is 3.38. The van der Waals surface area contributed by atoms with Gasteiger partial charge in [-0.05, 0) is 36.5 Å². The second-order valence-corrected chi connectivity index (χ2v) is 6.01. The van der Waals surface area contributed by atoms with Crippen molar-refractivity contribution >= 4 is 0 Å². The van der Waals surface area contributed by atoms with Crippen LogP contribution in [0.4, 0.5) is 0 Å². The van der Waals surface area contributed by atoms with Crippen molar-refractivity contribution in [2.45, 2.75) is 58.3 Å². The van der Waals surface area contributed by atoms with Crippen molar-refractivity contribution < 1.29 is 4.48 Å². The smallest absolute Gasteiger partial charge is 0.151 e. The van der Waals surface area contributed by atoms with Gasteiger partial charge >= 0.3 is 0 Å². The Morgan fingerprint density at radius 3 is 1.70 bits per heavy atom. The quantitative estimate of drug-likeness (QED) is 0.345. The van der Waals surface area contributed by atoms with Crippen LogP contribution < -0.4 is 0 Å². The van der Waals surface area contributed by atoms with Crippen molar-refractivity contribution in [1.82, 2.24) is 0 Å². The van der Waals surface area contributed by atoms with Crippen molar-refractivity contribution in [1.29, 1.82) is 0 Å². The van der Waals surface area contributed by atoms with E-state index < -0.39 is 0 Å². The molecule has 0 atom stereocenters. The minimum Gasteiger partial charge on any atom is -0.250 e. The summed E-state index contributed by atoms with van der Waals surface area (Å²) in [6, 6.07) is 3.16. The molecule has 0 fully saturated rings. The van der Waals surface area contributed by atoms with Gasteiger partial charge in [-0.1, -0.05) is 45.4 Å². The second-order valence-electron chi connectivity index (χ2n) is 6.01. The maximum absolute atomic E-state index is 4.97. The molecule has 0 rings (SSSR count). The highest BCUT2D eigenvalue weighted by atomic mass is 15.3. The monoisotopic (exact) mass is 306 g/mol. The highest BCUT2D eigenvalue weighted by molar-refractivity contribution is 5.41. The van der Waals surface area contributed by atoms with Crippen LogP contribution in [0.5, 0.6) is 0 Å². The summed E-state index contributed by atoms with van der Waals surface area (Å²) in [5.74, 6) is 20.5. The summed E-state index contributed by atoms with van der Waals surface area (Å²) in [5, 5.41) is 0. The van der Waals surface area contributed by atoms with Gasteiger partial charge in [-0.2, -0.15) is 0 Å². The van der Waals surface area contributed by atoms with Gasteiger partial charge in [0.2, 0.25) is 0 Å². The van der Waals surface area contributed by atoms with Gasteiger partial charge < -0.3 is 0 Å². The van der Waals surface area contributed by atoms with Crippen LogP contribution in [0.25, 0.3) is 0 Å². The van der Waals surface area contributed by atoms with E-state index in [-0.39, 0.29) is 0 Å². The standard InChI is InChI=1S/C22H28N/c1-5-7-9-11-13-15-17-19-21-23(3,4)22-20-18-16-14-12-10-8-6-2/h1H,6,8,10,12,14,16,18,20,22H2,2-4H3/q+1. The van der Waals surface area contributed by atoms with Crippen LogP contribution in [-0.2, 0) is 0 Å². The Balaban J connectivity index is 3.93. The minimum absolute atomic E-state index is 0.675. The molecule has 0 aliphatic heterocycles. The molecule has 0 amide bonds. The Morgan fingerprint density at radius 1 is 0.652 bits per heavy atom. The van der Waals surface area contributed by atoms with Gasteiger partial charge in [0.1, 0.15) is 0 Å². The number of terminal acetylenes is 1. The first-order valence-electron chi connectivity index (χ1n) is 8.43. The van der Waals surface area contributed by atoms with E-state index in [0.29, 0.717) is 4.48 Å². The molecular weight excluding hydrogens is 278 g/mol. The number of quaternary nitrogens is 1. The Bertz CT molecular complexity index is 600. The van der Waals surface area contributed by atoms with Crippen LogP contribution in [0.1, 0.15) is 58.3 Å². The molecule has 0 aliphatic carbocycles. The molecule has 0 aromatic rings. The van der Waals surface area contributed by atoms with Gasteiger partial charge in [-0.25, -0.2) is 0 Å². The van der Waals surface area contributed by atoms with Gasteiger partial charge in [-0.15, -0.1) is 6.42 Å². The van der Waals surface area contributed by atoms with Crippen LogP contribution in [0.2, 0.25) is 0 Å². The Hall–Kier alpha value is -2.24. The topological polar surface area (TPSA) is 0 Å². The average molecular weight is 306 g/mol. The highest BCUT2D eigenvalue weighted by Crippen LogP contribution is 2.09. The summed E-state index contributed by atoms with van der Waals surface area (Å²) in [4.78, 5) is 0. The van der Waals surface area contributed by atoms with Crippen LogP contribution in [0.3, 0.4) is 0 Å². The first-order chi connectivity index (χ1) is 11.1. The van der Waals surface area contributed by atoms with E-state index in [0.717, 1.165) is 6.54 Å². The largest absolute Gasteiger partial charge is 0.250 e. The lowest BCUT2D eigenvalue weighted by atomic mass is 10.1. The van der Waals surface area contributed by atoms with Gasteiger partial charge in [0, 0.05) is 17.8 Å². The van der Waals surface area contributed by atoms with E-state index in [9.17, 15) is 0 Å². The molecule has 23 heavy (non-hydrogen) atoms.